The summed E-state index contributed by atoms with van der Waals surface area (Å²) in [6, 6.07) is 13.4. The molecule has 0 aliphatic heterocycles. The van der Waals surface area contributed by atoms with Gasteiger partial charge in [-0.25, -0.2) is 4.79 Å². The quantitative estimate of drug-likeness (QED) is 0.244. The van der Waals surface area contributed by atoms with Gasteiger partial charge in [-0.2, -0.15) is 0 Å². The molecule has 0 radical (unpaired) electrons. The first-order valence-corrected chi connectivity index (χ1v) is 12.9. The van der Waals surface area contributed by atoms with Crippen molar-refractivity contribution in [2.45, 2.75) is 90.9 Å². The van der Waals surface area contributed by atoms with Crippen molar-refractivity contribution >= 4 is 12.0 Å². The minimum Gasteiger partial charge on any atom is -0.494 e. The third-order valence-corrected chi connectivity index (χ3v) is 5.99. The maximum absolute atomic E-state index is 11.8. The number of carboxylic acid groups (broad SMARTS) is 1. The van der Waals surface area contributed by atoms with Crippen molar-refractivity contribution in [3.8, 4) is 16.9 Å². The van der Waals surface area contributed by atoms with Gasteiger partial charge in [-0.05, 0) is 60.2 Å². The van der Waals surface area contributed by atoms with E-state index in [-0.39, 0.29) is 0 Å². The van der Waals surface area contributed by atoms with Crippen molar-refractivity contribution in [3.05, 3.63) is 59.7 Å². The predicted octanol–water partition coefficient (Wildman–Crippen LogP) is 9.16. The van der Waals surface area contributed by atoms with Crippen LogP contribution in [0.15, 0.2) is 48.5 Å². The van der Waals surface area contributed by atoms with E-state index in [4.69, 9.17) is 4.74 Å². The first-order valence-electron chi connectivity index (χ1n) is 12.9. The van der Waals surface area contributed by atoms with Gasteiger partial charge in [-0.1, -0.05) is 102 Å². The van der Waals surface area contributed by atoms with Gasteiger partial charge < -0.3 is 9.84 Å². The van der Waals surface area contributed by atoms with Crippen LogP contribution in [0.5, 0.6) is 5.75 Å². The number of rotatable bonds is 17. The summed E-state index contributed by atoms with van der Waals surface area (Å²) in [6.45, 7) is 5.19. The molecule has 180 valence electrons. The molecule has 0 bridgehead atoms. The van der Waals surface area contributed by atoms with Gasteiger partial charge in [-0.15, -0.1) is 0 Å². The highest BCUT2D eigenvalue weighted by atomic mass is 16.5. The Hall–Kier alpha value is -2.55. The second kappa shape index (κ2) is 16.1. The molecule has 2 aromatic rings. The summed E-state index contributed by atoms with van der Waals surface area (Å²) in [4.78, 5) is 11.8. The lowest BCUT2D eigenvalue weighted by atomic mass is 9.97. The van der Waals surface area contributed by atoms with Gasteiger partial charge in [0.15, 0.2) is 0 Å². The molecule has 33 heavy (non-hydrogen) atoms. The molecule has 0 aliphatic rings. The van der Waals surface area contributed by atoms with Crippen molar-refractivity contribution < 1.29 is 14.6 Å². The van der Waals surface area contributed by atoms with Gasteiger partial charge in [0.1, 0.15) is 5.75 Å². The molecule has 0 fully saturated rings. The highest BCUT2D eigenvalue weighted by molar-refractivity contribution is 5.96. The van der Waals surface area contributed by atoms with Crippen molar-refractivity contribution in [1.82, 2.24) is 0 Å². The summed E-state index contributed by atoms with van der Waals surface area (Å²) < 4.78 is 5.88. The maximum atomic E-state index is 11.8. The molecule has 2 aromatic carbocycles. The molecule has 0 aliphatic carbocycles. The van der Waals surface area contributed by atoms with Gasteiger partial charge in [0.2, 0.25) is 0 Å². The highest BCUT2D eigenvalue weighted by Crippen LogP contribution is 2.28. The normalized spacial score (nSPS) is 11.2. The SMILES string of the molecule is CCCCCCCC=Cc1ccc(C(=O)O)c(-c2ccc(OCCCCCCCC)cc2)c1. The fraction of sp³-hybridized carbons (Fsp3) is 0.500. The van der Waals surface area contributed by atoms with Crippen LogP contribution in [-0.2, 0) is 0 Å². The minimum atomic E-state index is -0.903. The maximum Gasteiger partial charge on any atom is 0.336 e. The molecule has 3 heteroatoms. The van der Waals surface area contributed by atoms with Gasteiger partial charge in [0.25, 0.3) is 0 Å². The topological polar surface area (TPSA) is 46.5 Å². The number of carbonyl (C=O) groups is 1. The van der Waals surface area contributed by atoms with Crippen LogP contribution in [0, 0.1) is 0 Å². The molecule has 0 unspecified atom stereocenters. The molecule has 0 saturated carbocycles. The summed E-state index contributed by atoms with van der Waals surface area (Å²) in [6.07, 6.45) is 19.2. The van der Waals surface area contributed by atoms with Crippen LogP contribution < -0.4 is 4.74 Å². The molecular formula is C30H42O3. The number of hydrogen-bond donors (Lipinski definition) is 1. The summed E-state index contributed by atoms with van der Waals surface area (Å²) in [5.41, 5.74) is 3.00. The number of aromatic carboxylic acids is 1. The smallest absolute Gasteiger partial charge is 0.336 e. The standard InChI is InChI=1S/C30H42O3/c1-3-5-7-9-11-12-14-16-25-17-22-28(30(31)32)29(24-25)26-18-20-27(21-19-26)33-23-15-13-10-8-6-4-2/h14,16-22,24H,3-13,15,23H2,1-2H3,(H,31,32). The van der Waals surface area contributed by atoms with Gasteiger partial charge in [0, 0.05) is 0 Å². The Morgan fingerprint density at radius 1 is 0.818 bits per heavy atom. The van der Waals surface area contributed by atoms with E-state index in [0.717, 1.165) is 41.9 Å². The van der Waals surface area contributed by atoms with Crippen LogP contribution in [0.2, 0.25) is 0 Å². The van der Waals surface area contributed by atoms with Crippen LogP contribution >= 0.6 is 0 Å². The van der Waals surface area contributed by atoms with Gasteiger partial charge in [-0.3, -0.25) is 0 Å². The van der Waals surface area contributed by atoms with Crippen molar-refractivity contribution in [1.29, 1.82) is 0 Å². The Bertz CT molecular complexity index is 836. The molecule has 3 nitrogen and oxygen atoms in total. The Labute approximate surface area is 200 Å². The van der Waals surface area contributed by atoms with Crippen LogP contribution in [0.4, 0.5) is 0 Å². The summed E-state index contributed by atoms with van der Waals surface area (Å²) in [5.74, 6) is -0.0665. The second-order valence-electron chi connectivity index (χ2n) is 8.86. The first-order chi connectivity index (χ1) is 16.2. The molecule has 0 spiro atoms. The molecule has 2 rings (SSSR count). The first kappa shape index (κ1) is 26.7. The number of carboxylic acids is 1. The van der Waals surface area contributed by atoms with E-state index in [1.54, 1.807) is 6.07 Å². The third kappa shape index (κ3) is 10.3. The molecular weight excluding hydrogens is 408 g/mol. The second-order valence-corrected chi connectivity index (χ2v) is 8.86. The summed E-state index contributed by atoms with van der Waals surface area (Å²) >= 11 is 0. The Kier molecular flexibility index (Phi) is 13.0. The zero-order chi connectivity index (χ0) is 23.7. The third-order valence-electron chi connectivity index (χ3n) is 5.99. The fourth-order valence-corrected chi connectivity index (χ4v) is 3.98. The van der Waals surface area contributed by atoms with Crippen LogP contribution in [-0.4, -0.2) is 17.7 Å². The van der Waals surface area contributed by atoms with E-state index >= 15 is 0 Å². The van der Waals surface area contributed by atoms with Crippen LogP contribution in [0.3, 0.4) is 0 Å². The van der Waals surface area contributed by atoms with E-state index in [2.05, 4.69) is 26.0 Å². The number of unbranched alkanes of at least 4 members (excludes halogenated alkanes) is 10. The fourth-order valence-electron chi connectivity index (χ4n) is 3.98. The average Bonchev–Trinajstić information content (AvgIpc) is 2.83. The lowest BCUT2D eigenvalue weighted by Crippen LogP contribution is -2.00. The van der Waals surface area contributed by atoms with Crippen molar-refractivity contribution in [2.75, 3.05) is 6.61 Å². The van der Waals surface area contributed by atoms with Gasteiger partial charge in [0.05, 0.1) is 12.2 Å². The van der Waals surface area contributed by atoms with E-state index < -0.39 is 5.97 Å². The van der Waals surface area contributed by atoms with Gasteiger partial charge >= 0.3 is 5.97 Å². The minimum absolute atomic E-state index is 0.326. The van der Waals surface area contributed by atoms with Crippen molar-refractivity contribution in [2.24, 2.45) is 0 Å². The number of hydrogen-bond acceptors (Lipinski definition) is 2. The Morgan fingerprint density at radius 3 is 2.12 bits per heavy atom. The lowest BCUT2D eigenvalue weighted by molar-refractivity contribution is 0.0697. The van der Waals surface area contributed by atoms with E-state index in [1.165, 1.54) is 64.2 Å². The zero-order valence-corrected chi connectivity index (χ0v) is 20.7. The molecule has 1 N–H and O–H groups in total. The average molecular weight is 451 g/mol. The van der Waals surface area contributed by atoms with Crippen LogP contribution in [0.25, 0.3) is 17.2 Å². The molecule has 0 aromatic heterocycles. The Balaban J connectivity index is 1.95. The van der Waals surface area contributed by atoms with E-state index in [0.29, 0.717) is 5.56 Å². The predicted molar refractivity (Wildman–Crippen MR) is 140 cm³/mol. The van der Waals surface area contributed by atoms with Crippen LogP contribution in [0.1, 0.15) is 107 Å². The molecule has 0 amide bonds. The summed E-state index contributed by atoms with van der Waals surface area (Å²) in [7, 11) is 0. The largest absolute Gasteiger partial charge is 0.494 e. The van der Waals surface area contributed by atoms with E-state index in [9.17, 15) is 9.90 Å². The lowest BCUT2D eigenvalue weighted by Gasteiger charge is -2.10. The highest BCUT2D eigenvalue weighted by Gasteiger charge is 2.12. The summed E-state index contributed by atoms with van der Waals surface area (Å²) in [5, 5.41) is 9.67. The molecule has 0 heterocycles. The number of ether oxygens (including phenoxy) is 1. The monoisotopic (exact) mass is 450 g/mol. The molecule has 0 atom stereocenters. The van der Waals surface area contributed by atoms with Crippen molar-refractivity contribution in [3.63, 3.8) is 0 Å². The zero-order valence-electron chi connectivity index (χ0n) is 20.7. The Morgan fingerprint density at radius 2 is 1.45 bits per heavy atom. The van der Waals surface area contributed by atoms with E-state index in [1.807, 2.05) is 36.4 Å². The number of allylic oxidation sites excluding steroid dienone is 1. The number of benzene rings is 2. The molecule has 0 saturated heterocycles.